The summed E-state index contributed by atoms with van der Waals surface area (Å²) in [7, 11) is 0. The Morgan fingerprint density at radius 2 is 2.25 bits per heavy atom. The van der Waals surface area contributed by atoms with Gasteiger partial charge in [-0.3, -0.25) is 4.98 Å². The molecule has 4 heteroatoms. The number of aryl methyl sites for hydroxylation is 2. The monoisotopic (exact) mass is 239 g/mol. The van der Waals surface area contributed by atoms with E-state index in [9.17, 15) is 0 Å². The van der Waals surface area contributed by atoms with Crippen molar-refractivity contribution in [3.8, 4) is 0 Å². The van der Waals surface area contributed by atoms with Crippen LogP contribution in [-0.4, -0.2) is 28.4 Å². The quantitative estimate of drug-likeness (QED) is 0.743. The zero-order chi connectivity index (χ0) is 11.7. The minimum Gasteiger partial charge on any atom is -0.351 e. The molecular formula is C12H18ClN3. The van der Waals surface area contributed by atoms with Gasteiger partial charge in [0.05, 0.1) is 11.4 Å². The highest BCUT2D eigenvalue weighted by Gasteiger charge is 2.32. The van der Waals surface area contributed by atoms with E-state index < -0.39 is 0 Å². The summed E-state index contributed by atoms with van der Waals surface area (Å²) in [4.78, 5) is 11.3. The fourth-order valence-corrected chi connectivity index (χ4v) is 2.77. The van der Waals surface area contributed by atoms with Crippen molar-refractivity contribution in [2.24, 2.45) is 5.92 Å². The van der Waals surface area contributed by atoms with Gasteiger partial charge in [0.1, 0.15) is 0 Å². The van der Waals surface area contributed by atoms with Crippen LogP contribution in [0.5, 0.6) is 0 Å². The van der Waals surface area contributed by atoms with Crippen LogP contribution in [0.4, 0.5) is 5.82 Å². The molecule has 1 aliphatic rings. The molecule has 1 saturated heterocycles. The summed E-state index contributed by atoms with van der Waals surface area (Å²) in [6, 6.07) is 0.400. The minimum absolute atomic E-state index is 0.400. The summed E-state index contributed by atoms with van der Waals surface area (Å²) in [5.41, 5.74) is 1.96. The third kappa shape index (κ3) is 2.01. The third-order valence-electron chi connectivity index (χ3n) is 3.36. The Hall–Kier alpha value is -0.830. The second-order valence-electron chi connectivity index (χ2n) is 4.60. The normalized spacial score (nSPS) is 25.1. The van der Waals surface area contributed by atoms with Gasteiger partial charge in [0.2, 0.25) is 0 Å². The maximum atomic E-state index is 6.05. The molecule has 2 rings (SSSR count). The standard InChI is InChI=1S/C12H18ClN3/c1-8-4-5-16(11(8)6-13)12-10(3)14-7-9(2)15-12/h7-8,11H,4-6H2,1-3H3. The van der Waals surface area contributed by atoms with Crippen LogP contribution in [0.1, 0.15) is 24.7 Å². The van der Waals surface area contributed by atoms with Gasteiger partial charge in [-0.05, 0) is 26.2 Å². The van der Waals surface area contributed by atoms with Crippen molar-refractivity contribution in [3.63, 3.8) is 0 Å². The molecule has 2 atom stereocenters. The number of anilines is 1. The number of hydrogen-bond acceptors (Lipinski definition) is 3. The molecule has 2 unspecified atom stereocenters. The van der Waals surface area contributed by atoms with Crippen LogP contribution in [0.15, 0.2) is 6.20 Å². The summed E-state index contributed by atoms with van der Waals surface area (Å²) in [5.74, 6) is 2.31. The average molecular weight is 240 g/mol. The summed E-state index contributed by atoms with van der Waals surface area (Å²) < 4.78 is 0. The number of alkyl halides is 1. The van der Waals surface area contributed by atoms with Gasteiger partial charge < -0.3 is 4.90 Å². The Morgan fingerprint density at radius 1 is 1.50 bits per heavy atom. The van der Waals surface area contributed by atoms with E-state index in [1.165, 1.54) is 6.42 Å². The first-order chi connectivity index (χ1) is 7.63. The Bertz CT molecular complexity index is 381. The highest BCUT2D eigenvalue weighted by molar-refractivity contribution is 6.18. The van der Waals surface area contributed by atoms with Gasteiger partial charge in [-0.1, -0.05) is 6.92 Å². The molecule has 0 spiro atoms. The van der Waals surface area contributed by atoms with E-state index in [-0.39, 0.29) is 0 Å². The van der Waals surface area contributed by atoms with Crippen LogP contribution in [-0.2, 0) is 0 Å². The Morgan fingerprint density at radius 3 is 2.94 bits per heavy atom. The SMILES string of the molecule is Cc1cnc(C)c(N2CCC(C)C2CCl)n1. The molecule has 2 heterocycles. The predicted octanol–water partition coefficient (Wildman–Crippen LogP) is 2.55. The summed E-state index contributed by atoms with van der Waals surface area (Å²) in [6.45, 7) is 7.28. The molecule has 3 nitrogen and oxygen atoms in total. The zero-order valence-corrected chi connectivity index (χ0v) is 10.8. The first kappa shape index (κ1) is 11.6. The fraction of sp³-hybridized carbons (Fsp3) is 0.667. The molecule has 0 bridgehead atoms. The van der Waals surface area contributed by atoms with Gasteiger partial charge in [0.15, 0.2) is 5.82 Å². The highest BCUT2D eigenvalue weighted by Crippen LogP contribution is 2.30. The molecule has 0 saturated carbocycles. The van der Waals surface area contributed by atoms with E-state index in [1.807, 2.05) is 20.0 Å². The van der Waals surface area contributed by atoms with Crippen LogP contribution < -0.4 is 4.90 Å². The van der Waals surface area contributed by atoms with Gasteiger partial charge in [-0.2, -0.15) is 0 Å². The van der Waals surface area contributed by atoms with Crippen molar-refractivity contribution in [3.05, 3.63) is 17.6 Å². The van der Waals surface area contributed by atoms with Crippen molar-refractivity contribution in [2.75, 3.05) is 17.3 Å². The first-order valence-electron chi connectivity index (χ1n) is 5.76. The van der Waals surface area contributed by atoms with Crippen LogP contribution in [0.25, 0.3) is 0 Å². The molecule has 1 aromatic heterocycles. The van der Waals surface area contributed by atoms with Crippen LogP contribution in [0.2, 0.25) is 0 Å². The second kappa shape index (κ2) is 4.58. The lowest BCUT2D eigenvalue weighted by Crippen LogP contribution is -2.35. The topological polar surface area (TPSA) is 29.0 Å². The van der Waals surface area contributed by atoms with Gasteiger partial charge in [-0.25, -0.2) is 4.98 Å². The molecule has 0 radical (unpaired) electrons. The van der Waals surface area contributed by atoms with Crippen molar-refractivity contribution >= 4 is 17.4 Å². The summed E-state index contributed by atoms with van der Waals surface area (Å²) >= 11 is 6.05. The lowest BCUT2D eigenvalue weighted by atomic mass is 10.1. The number of hydrogen-bond donors (Lipinski definition) is 0. The number of halogens is 1. The molecule has 1 fully saturated rings. The minimum atomic E-state index is 0.400. The molecule has 0 amide bonds. The Balaban J connectivity index is 2.33. The molecule has 1 aromatic rings. The zero-order valence-electron chi connectivity index (χ0n) is 10.1. The van der Waals surface area contributed by atoms with Crippen LogP contribution >= 0.6 is 11.6 Å². The molecule has 0 N–H and O–H groups in total. The summed E-state index contributed by atoms with van der Waals surface area (Å²) in [5, 5.41) is 0. The van der Waals surface area contributed by atoms with Crippen LogP contribution in [0, 0.1) is 19.8 Å². The third-order valence-corrected chi connectivity index (χ3v) is 3.68. The van der Waals surface area contributed by atoms with Gasteiger partial charge in [0, 0.05) is 24.7 Å². The Kier molecular flexibility index (Phi) is 3.33. The molecular weight excluding hydrogens is 222 g/mol. The number of rotatable bonds is 2. The van der Waals surface area contributed by atoms with E-state index in [0.29, 0.717) is 17.8 Å². The summed E-state index contributed by atoms with van der Waals surface area (Å²) in [6.07, 6.45) is 3.00. The van der Waals surface area contributed by atoms with E-state index in [0.717, 1.165) is 23.8 Å². The largest absolute Gasteiger partial charge is 0.351 e. The van der Waals surface area contributed by atoms with E-state index >= 15 is 0 Å². The van der Waals surface area contributed by atoms with Gasteiger partial charge in [0.25, 0.3) is 0 Å². The van der Waals surface area contributed by atoms with E-state index in [2.05, 4.69) is 21.8 Å². The van der Waals surface area contributed by atoms with Crippen LogP contribution in [0.3, 0.4) is 0 Å². The maximum Gasteiger partial charge on any atom is 0.150 e. The van der Waals surface area contributed by atoms with Gasteiger partial charge >= 0.3 is 0 Å². The smallest absolute Gasteiger partial charge is 0.150 e. The fourth-order valence-electron chi connectivity index (χ4n) is 2.30. The number of aromatic nitrogens is 2. The molecule has 1 aliphatic heterocycles. The Labute approximate surface area is 102 Å². The van der Waals surface area contributed by atoms with Crippen molar-refractivity contribution in [1.29, 1.82) is 0 Å². The molecule has 0 aromatic carbocycles. The predicted molar refractivity (Wildman–Crippen MR) is 67.1 cm³/mol. The molecule has 0 aliphatic carbocycles. The molecule has 16 heavy (non-hydrogen) atoms. The van der Waals surface area contributed by atoms with Crippen molar-refractivity contribution in [2.45, 2.75) is 33.2 Å². The van der Waals surface area contributed by atoms with E-state index in [1.54, 1.807) is 0 Å². The van der Waals surface area contributed by atoms with Crippen molar-refractivity contribution in [1.82, 2.24) is 9.97 Å². The highest BCUT2D eigenvalue weighted by atomic mass is 35.5. The lowest BCUT2D eigenvalue weighted by Gasteiger charge is -2.27. The maximum absolute atomic E-state index is 6.05. The van der Waals surface area contributed by atoms with Crippen molar-refractivity contribution < 1.29 is 0 Å². The van der Waals surface area contributed by atoms with Gasteiger partial charge in [-0.15, -0.1) is 11.6 Å². The van der Waals surface area contributed by atoms with E-state index in [4.69, 9.17) is 11.6 Å². The molecule has 88 valence electrons. The second-order valence-corrected chi connectivity index (χ2v) is 4.91. The number of nitrogens with zero attached hydrogens (tertiary/aromatic N) is 3. The average Bonchev–Trinajstić information content (AvgIpc) is 2.63. The lowest BCUT2D eigenvalue weighted by molar-refractivity contribution is 0.548. The first-order valence-corrected chi connectivity index (χ1v) is 6.29.